The summed E-state index contributed by atoms with van der Waals surface area (Å²) in [7, 11) is 0. The van der Waals surface area contributed by atoms with Gasteiger partial charge in [0.15, 0.2) is 0 Å². The Bertz CT molecular complexity index is 3130. The normalized spacial score (nSPS) is 12.7. The van der Waals surface area contributed by atoms with Crippen LogP contribution in [0.2, 0.25) is 0 Å². The highest BCUT2D eigenvalue weighted by Crippen LogP contribution is 2.48. The second-order valence-electron chi connectivity index (χ2n) is 14.6. The summed E-state index contributed by atoms with van der Waals surface area (Å²) in [5.41, 5.74) is 20.5. The smallest absolute Gasteiger partial charge is 0.329 e. The average Bonchev–Trinajstić information content (AvgIpc) is 3.71. The third-order valence-electron chi connectivity index (χ3n) is 11.7. The van der Waals surface area contributed by atoms with Gasteiger partial charge in [0, 0.05) is 49.4 Å². The SMILES string of the molecule is Cc1ccc2c(c1)c1cc(-c3ccccc3)ccc1n2-c1cc2c3c(c1)c1cc(-c4ccccc4)cc4c1n3B(c1ccccc1-4)c1ccccc1-2. The van der Waals surface area contributed by atoms with E-state index in [0.29, 0.717) is 0 Å². The van der Waals surface area contributed by atoms with Crippen molar-refractivity contribution >= 4 is 61.4 Å². The first-order valence-electron chi connectivity index (χ1n) is 18.2. The molecular weight excluding hydrogens is 627 g/mol. The van der Waals surface area contributed by atoms with E-state index in [9.17, 15) is 0 Å². The molecule has 0 radical (unpaired) electrons. The minimum Gasteiger partial charge on any atom is -0.375 e. The highest BCUT2D eigenvalue weighted by Gasteiger charge is 2.39. The first-order chi connectivity index (χ1) is 25.7. The highest BCUT2D eigenvalue weighted by atomic mass is 15.0. The Labute approximate surface area is 301 Å². The molecule has 0 bridgehead atoms. The minimum atomic E-state index is 0.119. The Morgan fingerprint density at radius 1 is 0.385 bits per heavy atom. The van der Waals surface area contributed by atoms with Gasteiger partial charge in [-0.2, -0.15) is 0 Å². The lowest BCUT2D eigenvalue weighted by atomic mass is 9.45. The Balaban J connectivity index is 1.23. The Hall–Kier alpha value is -6.58. The maximum atomic E-state index is 2.67. The van der Waals surface area contributed by atoms with Crippen LogP contribution in [0, 0.1) is 6.92 Å². The molecule has 3 heteroatoms. The summed E-state index contributed by atoms with van der Waals surface area (Å²) in [5, 5.41) is 5.17. The van der Waals surface area contributed by atoms with Crippen LogP contribution in [0.3, 0.4) is 0 Å². The van der Waals surface area contributed by atoms with Gasteiger partial charge in [-0.25, -0.2) is 0 Å². The average molecular weight is 659 g/mol. The van der Waals surface area contributed by atoms with Gasteiger partial charge in [0.25, 0.3) is 0 Å². The molecular formula is C49H31BN2. The minimum absolute atomic E-state index is 0.119. The van der Waals surface area contributed by atoms with Gasteiger partial charge < -0.3 is 9.05 Å². The molecule has 12 rings (SSSR count). The topological polar surface area (TPSA) is 9.86 Å². The molecule has 0 atom stereocenters. The number of rotatable bonds is 3. The Kier molecular flexibility index (Phi) is 5.55. The van der Waals surface area contributed by atoms with Gasteiger partial charge in [-0.15, -0.1) is 0 Å². The summed E-state index contributed by atoms with van der Waals surface area (Å²) < 4.78 is 5.17. The standard InChI is InChI=1S/C49H31BN2/c1-30-20-22-46-38(24-30)39-25-33(31-12-4-2-5-13-31)21-23-47(39)51(46)35-28-42-37-17-9-11-19-45(37)50-44-18-10-8-16-36(44)40-26-34(32-14-6-3-7-15-32)27-41-43(29-35)49(42)52(50)48(40)41/h2-29H,1H3. The predicted molar refractivity (Wildman–Crippen MR) is 221 cm³/mol. The second-order valence-corrected chi connectivity index (χ2v) is 14.6. The molecule has 0 fully saturated rings. The molecule has 8 aromatic carbocycles. The van der Waals surface area contributed by atoms with E-state index in [-0.39, 0.29) is 6.85 Å². The Morgan fingerprint density at radius 3 is 1.62 bits per heavy atom. The lowest BCUT2D eigenvalue weighted by Crippen LogP contribution is -2.53. The van der Waals surface area contributed by atoms with Crippen molar-refractivity contribution in [2.24, 2.45) is 0 Å². The molecule has 0 aliphatic carbocycles. The molecule has 4 heterocycles. The third kappa shape index (κ3) is 3.70. The second kappa shape index (κ2) is 10.2. The molecule has 2 aliphatic heterocycles. The van der Waals surface area contributed by atoms with E-state index in [1.807, 2.05) is 0 Å². The van der Waals surface area contributed by atoms with Crippen LogP contribution in [-0.2, 0) is 0 Å². The largest absolute Gasteiger partial charge is 0.375 e. The molecule has 52 heavy (non-hydrogen) atoms. The third-order valence-corrected chi connectivity index (χ3v) is 11.7. The Morgan fingerprint density at radius 2 is 0.923 bits per heavy atom. The van der Waals surface area contributed by atoms with Gasteiger partial charge in [-0.05, 0) is 99.8 Å². The van der Waals surface area contributed by atoms with Crippen molar-refractivity contribution in [3.63, 3.8) is 0 Å². The predicted octanol–water partition coefficient (Wildman–Crippen LogP) is 11.1. The van der Waals surface area contributed by atoms with Crippen molar-refractivity contribution < 1.29 is 0 Å². The first-order valence-corrected chi connectivity index (χ1v) is 18.2. The van der Waals surface area contributed by atoms with Crippen molar-refractivity contribution in [2.75, 3.05) is 0 Å². The zero-order valence-corrected chi connectivity index (χ0v) is 28.6. The highest BCUT2D eigenvalue weighted by molar-refractivity contribution is 6.88. The van der Waals surface area contributed by atoms with E-state index in [4.69, 9.17) is 0 Å². The van der Waals surface area contributed by atoms with Crippen molar-refractivity contribution in [1.29, 1.82) is 0 Å². The molecule has 2 aromatic heterocycles. The number of benzene rings is 8. The van der Waals surface area contributed by atoms with Gasteiger partial charge >= 0.3 is 6.85 Å². The molecule has 2 nitrogen and oxygen atoms in total. The number of aryl methyl sites for hydroxylation is 1. The number of hydrogen-bond acceptors (Lipinski definition) is 0. The molecule has 0 N–H and O–H groups in total. The maximum Gasteiger partial charge on any atom is 0.329 e. The van der Waals surface area contributed by atoms with E-state index in [1.165, 1.54) is 110 Å². The lowest BCUT2D eigenvalue weighted by Gasteiger charge is -2.32. The van der Waals surface area contributed by atoms with Crippen LogP contribution in [0.15, 0.2) is 170 Å². The molecule has 0 unspecified atom stereocenters. The quantitative estimate of drug-likeness (QED) is 0.167. The number of hydrogen-bond donors (Lipinski definition) is 0. The number of nitrogens with zero attached hydrogens (tertiary/aromatic N) is 2. The maximum absolute atomic E-state index is 2.67. The molecule has 10 aromatic rings. The van der Waals surface area contributed by atoms with Gasteiger partial charge in [-0.1, -0.05) is 127 Å². The van der Waals surface area contributed by atoms with Crippen LogP contribution in [0.5, 0.6) is 0 Å². The van der Waals surface area contributed by atoms with Crippen LogP contribution in [0.1, 0.15) is 5.56 Å². The molecule has 0 amide bonds. The van der Waals surface area contributed by atoms with E-state index in [1.54, 1.807) is 0 Å². The van der Waals surface area contributed by atoms with Crippen molar-refractivity contribution in [2.45, 2.75) is 6.92 Å². The van der Waals surface area contributed by atoms with Crippen molar-refractivity contribution in [1.82, 2.24) is 9.05 Å². The fourth-order valence-corrected chi connectivity index (χ4v) is 9.52. The summed E-state index contributed by atoms with van der Waals surface area (Å²) in [6.45, 7) is 2.32. The first kappa shape index (κ1) is 28.2. The summed E-state index contributed by atoms with van der Waals surface area (Å²) in [6.07, 6.45) is 0. The van der Waals surface area contributed by atoms with E-state index in [2.05, 4.69) is 186 Å². The number of aromatic nitrogens is 2. The van der Waals surface area contributed by atoms with Crippen LogP contribution in [-0.4, -0.2) is 15.9 Å². The monoisotopic (exact) mass is 658 g/mol. The zero-order valence-electron chi connectivity index (χ0n) is 28.6. The van der Waals surface area contributed by atoms with Gasteiger partial charge in [0.2, 0.25) is 0 Å². The van der Waals surface area contributed by atoms with E-state index < -0.39 is 0 Å². The fourth-order valence-electron chi connectivity index (χ4n) is 9.52. The fraction of sp³-hybridized carbons (Fsp3) is 0.0204. The summed E-state index contributed by atoms with van der Waals surface area (Å²) in [5.74, 6) is 0. The van der Waals surface area contributed by atoms with Gasteiger partial charge in [0.05, 0.1) is 11.0 Å². The number of fused-ring (bicyclic) bond motifs is 10. The van der Waals surface area contributed by atoms with Gasteiger partial charge in [0.1, 0.15) is 0 Å². The molecule has 0 spiro atoms. The van der Waals surface area contributed by atoms with Crippen molar-refractivity contribution in [3.8, 4) is 50.2 Å². The zero-order chi connectivity index (χ0) is 34.1. The van der Waals surface area contributed by atoms with E-state index in [0.717, 1.165) is 0 Å². The van der Waals surface area contributed by atoms with Crippen LogP contribution < -0.4 is 10.9 Å². The summed E-state index contributed by atoms with van der Waals surface area (Å²) in [6, 6.07) is 63.5. The van der Waals surface area contributed by atoms with Crippen molar-refractivity contribution in [3.05, 3.63) is 175 Å². The molecule has 0 saturated carbocycles. The summed E-state index contributed by atoms with van der Waals surface area (Å²) >= 11 is 0. The molecule has 2 aliphatic rings. The van der Waals surface area contributed by atoms with Crippen LogP contribution in [0.4, 0.5) is 0 Å². The molecule has 0 saturated heterocycles. The van der Waals surface area contributed by atoms with Crippen LogP contribution >= 0.6 is 0 Å². The van der Waals surface area contributed by atoms with E-state index >= 15 is 0 Å². The van der Waals surface area contributed by atoms with Gasteiger partial charge in [-0.3, -0.25) is 0 Å². The molecule has 240 valence electrons. The lowest BCUT2D eigenvalue weighted by molar-refractivity contribution is 1.18. The summed E-state index contributed by atoms with van der Waals surface area (Å²) in [4.78, 5) is 0. The van der Waals surface area contributed by atoms with Crippen LogP contribution in [0.25, 0.3) is 93.8 Å².